The van der Waals surface area contributed by atoms with Crippen molar-refractivity contribution in [1.29, 1.82) is 0 Å². The average molecular weight is 349 g/mol. The Labute approximate surface area is 127 Å². The van der Waals surface area contributed by atoms with Gasteiger partial charge >= 0.3 is 0 Å². The number of nitrogens with two attached hydrogens (primary N) is 1. The van der Waals surface area contributed by atoms with Crippen LogP contribution in [-0.4, -0.2) is 19.8 Å². The summed E-state index contributed by atoms with van der Waals surface area (Å²) in [5.74, 6) is 1.29. The lowest BCUT2D eigenvalue weighted by Gasteiger charge is -2.17. The Kier molecular flexibility index (Phi) is 6.69. The zero-order valence-electron chi connectivity index (χ0n) is 11.2. The van der Waals surface area contributed by atoms with Crippen LogP contribution in [0.5, 0.6) is 11.5 Å². The molecule has 0 heterocycles. The van der Waals surface area contributed by atoms with Gasteiger partial charge in [-0.1, -0.05) is 41.0 Å². The van der Waals surface area contributed by atoms with Crippen LogP contribution in [0, 0.1) is 0 Å². The van der Waals surface area contributed by atoms with E-state index in [1.54, 1.807) is 13.2 Å². The van der Waals surface area contributed by atoms with E-state index in [1.165, 1.54) is 0 Å². The molecule has 1 atom stereocenters. The smallest absolute Gasteiger partial charge is 0.165 e. The van der Waals surface area contributed by atoms with Crippen LogP contribution in [0.2, 0.25) is 5.02 Å². The molecule has 0 amide bonds. The van der Waals surface area contributed by atoms with Crippen LogP contribution in [0.3, 0.4) is 0 Å². The summed E-state index contributed by atoms with van der Waals surface area (Å²) in [6, 6.07) is 3.67. The number of hydrogen-bond acceptors (Lipinski definition) is 3. The minimum atomic E-state index is 0.0673. The number of halogens is 2. The zero-order chi connectivity index (χ0) is 14.4. The molecule has 5 heteroatoms. The molecule has 3 nitrogen and oxygen atoms in total. The molecule has 1 rings (SSSR count). The molecule has 106 valence electrons. The van der Waals surface area contributed by atoms with Crippen molar-refractivity contribution in [3.8, 4) is 11.5 Å². The zero-order valence-corrected chi connectivity index (χ0v) is 13.6. The van der Waals surface area contributed by atoms with Crippen molar-refractivity contribution in [2.45, 2.75) is 25.8 Å². The summed E-state index contributed by atoms with van der Waals surface area (Å²) < 4.78 is 11.8. The molecule has 0 aliphatic rings. The van der Waals surface area contributed by atoms with Crippen molar-refractivity contribution < 1.29 is 9.47 Å². The fourth-order valence-electron chi connectivity index (χ4n) is 1.67. The van der Waals surface area contributed by atoms with Crippen molar-refractivity contribution >= 4 is 27.5 Å². The molecule has 0 aliphatic carbocycles. The van der Waals surface area contributed by atoms with Crippen LogP contribution in [0.15, 0.2) is 23.2 Å². The van der Waals surface area contributed by atoms with Gasteiger partial charge in [0.2, 0.25) is 0 Å². The Hall–Kier alpha value is -0.710. The highest BCUT2D eigenvalue weighted by Gasteiger charge is 2.15. The van der Waals surface area contributed by atoms with Crippen LogP contribution in [0.1, 0.15) is 18.9 Å². The second-order valence-corrected chi connectivity index (χ2v) is 5.83. The van der Waals surface area contributed by atoms with Crippen LogP contribution in [0.25, 0.3) is 0 Å². The average Bonchev–Trinajstić information content (AvgIpc) is 2.36. The van der Waals surface area contributed by atoms with Crippen molar-refractivity contribution in [1.82, 2.24) is 0 Å². The minimum Gasteiger partial charge on any atom is -0.493 e. The van der Waals surface area contributed by atoms with Gasteiger partial charge in [-0.2, -0.15) is 0 Å². The summed E-state index contributed by atoms with van der Waals surface area (Å²) in [6.45, 7) is 6.17. The quantitative estimate of drug-likeness (QED) is 0.812. The molecule has 0 aromatic heterocycles. The lowest BCUT2D eigenvalue weighted by Crippen LogP contribution is -2.22. The maximum absolute atomic E-state index is 6.09. The molecule has 1 aromatic carbocycles. The third-order valence-electron chi connectivity index (χ3n) is 2.70. The lowest BCUT2D eigenvalue weighted by molar-refractivity contribution is 0.321. The maximum Gasteiger partial charge on any atom is 0.165 e. The standard InChI is InChI=1S/C14H19BrClNO2/c1-4-12(17)6-10-5-11(16)7-13(18-3)14(10)19-8-9(2)15/h5,7,12H,2,4,6,8,17H2,1,3H3. The Balaban J connectivity index is 3.09. The van der Waals surface area contributed by atoms with Gasteiger partial charge in [0.25, 0.3) is 0 Å². The lowest BCUT2D eigenvalue weighted by atomic mass is 10.0. The summed E-state index contributed by atoms with van der Waals surface area (Å²) in [4.78, 5) is 0. The topological polar surface area (TPSA) is 44.5 Å². The van der Waals surface area contributed by atoms with Gasteiger partial charge in [-0.25, -0.2) is 0 Å². The van der Waals surface area contributed by atoms with Crippen molar-refractivity contribution in [3.05, 3.63) is 33.8 Å². The molecule has 0 saturated heterocycles. The summed E-state index contributed by atoms with van der Waals surface area (Å²) in [7, 11) is 1.59. The number of methoxy groups -OCH3 is 1. The first-order chi connectivity index (χ1) is 8.97. The highest BCUT2D eigenvalue weighted by atomic mass is 79.9. The van der Waals surface area contributed by atoms with Gasteiger partial charge in [-0.05, 0) is 18.9 Å². The summed E-state index contributed by atoms with van der Waals surface area (Å²) in [5, 5.41) is 0.611. The predicted octanol–water partition coefficient (Wildman–Crippen LogP) is 3.92. The second-order valence-electron chi connectivity index (χ2n) is 4.27. The van der Waals surface area contributed by atoms with Gasteiger partial charge in [0.15, 0.2) is 11.5 Å². The summed E-state index contributed by atoms with van der Waals surface area (Å²) in [6.07, 6.45) is 1.58. The van der Waals surface area contributed by atoms with E-state index in [4.69, 9.17) is 26.8 Å². The normalized spacial score (nSPS) is 12.1. The fraction of sp³-hybridized carbons (Fsp3) is 0.429. The third kappa shape index (κ3) is 5.05. The third-order valence-corrected chi connectivity index (χ3v) is 3.14. The fourth-order valence-corrected chi connectivity index (χ4v) is 2.01. The first-order valence-electron chi connectivity index (χ1n) is 6.06. The molecule has 0 spiro atoms. The van der Waals surface area contributed by atoms with Crippen molar-refractivity contribution in [3.63, 3.8) is 0 Å². The Morgan fingerprint density at radius 2 is 2.21 bits per heavy atom. The highest BCUT2D eigenvalue weighted by molar-refractivity contribution is 9.11. The monoisotopic (exact) mass is 347 g/mol. The SMILES string of the molecule is C=C(Br)COc1c(CC(N)CC)cc(Cl)cc1OC. The van der Waals surface area contributed by atoms with E-state index >= 15 is 0 Å². The van der Waals surface area contributed by atoms with Crippen LogP contribution < -0.4 is 15.2 Å². The van der Waals surface area contributed by atoms with Gasteiger partial charge in [-0.15, -0.1) is 0 Å². The van der Waals surface area contributed by atoms with Gasteiger partial charge in [-0.3, -0.25) is 0 Å². The van der Waals surface area contributed by atoms with E-state index in [0.717, 1.165) is 16.5 Å². The molecular weight excluding hydrogens is 330 g/mol. The van der Waals surface area contributed by atoms with Gasteiger partial charge < -0.3 is 15.2 Å². The van der Waals surface area contributed by atoms with Crippen molar-refractivity contribution in [2.75, 3.05) is 13.7 Å². The van der Waals surface area contributed by atoms with Gasteiger partial charge in [0.1, 0.15) is 6.61 Å². The molecule has 0 radical (unpaired) electrons. The first-order valence-corrected chi connectivity index (χ1v) is 7.23. The molecule has 1 aromatic rings. The van der Waals surface area contributed by atoms with E-state index in [1.807, 2.05) is 13.0 Å². The molecule has 0 aliphatic heterocycles. The van der Waals surface area contributed by atoms with E-state index in [-0.39, 0.29) is 6.04 Å². The first kappa shape index (κ1) is 16.3. The molecule has 0 fully saturated rings. The molecule has 0 bridgehead atoms. The minimum absolute atomic E-state index is 0.0673. The highest BCUT2D eigenvalue weighted by Crippen LogP contribution is 2.36. The summed E-state index contributed by atoms with van der Waals surface area (Å²) in [5.41, 5.74) is 6.96. The van der Waals surface area contributed by atoms with E-state index in [0.29, 0.717) is 29.5 Å². The summed E-state index contributed by atoms with van der Waals surface area (Å²) >= 11 is 9.36. The largest absolute Gasteiger partial charge is 0.493 e. The van der Waals surface area contributed by atoms with Gasteiger partial charge in [0, 0.05) is 27.2 Å². The second kappa shape index (κ2) is 7.78. The predicted molar refractivity (Wildman–Crippen MR) is 83.5 cm³/mol. The van der Waals surface area contributed by atoms with Crippen LogP contribution in [0.4, 0.5) is 0 Å². The number of hydrogen-bond donors (Lipinski definition) is 1. The van der Waals surface area contributed by atoms with E-state index in [2.05, 4.69) is 22.5 Å². The maximum atomic E-state index is 6.09. The van der Waals surface area contributed by atoms with Crippen LogP contribution in [-0.2, 0) is 6.42 Å². The van der Waals surface area contributed by atoms with Crippen LogP contribution >= 0.6 is 27.5 Å². The Morgan fingerprint density at radius 1 is 1.53 bits per heavy atom. The molecular formula is C14H19BrClNO2. The number of benzene rings is 1. The molecule has 0 saturated carbocycles. The van der Waals surface area contributed by atoms with E-state index in [9.17, 15) is 0 Å². The van der Waals surface area contributed by atoms with Gasteiger partial charge in [0.05, 0.1) is 7.11 Å². The number of ether oxygens (including phenoxy) is 2. The molecule has 1 unspecified atom stereocenters. The molecule has 19 heavy (non-hydrogen) atoms. The Bertz CT molecular complexity index is 451. The Morgan fingerprint density at radius 3 is 2.74 bits per heavy atom. The van der Waals surface area contributed by atoms with E-state index < -0.39 is 0 Å². The van der Waals surface area contributed by atoms with Crippen molar-refractivity contribution in [2.24, 2.45) is 5.73 Å². The molecule has 2 N–H and O–H groups in total. The number of rotatable bonds is 7.